The minimum atomic E-state index is -4.50. The number of carbonyl (C=O) groups excluding carboxylic acids is 1. The van der Waals surface area contributed by atoms with Crippen molar-refractivity contribution in [1.29, 1.82) is 0 Å². The molecule has 0 saturated heterocycles. The van der Waals surface area contributed by atoms with E-state index >= 15 is 0 Å². The maximum atomic E-state index is 14.0. The smallest absolute Gasteiger partial charge is 0.322 e. The summed E-state index contributed by atoms with van der Waals surface area (Å²) in [6.07, 6.45) is -2.98. The van der Waals surface area contributed by atoms with Crippen LogP contribution in [0.5, 0.6) is 0 Å². The number of carbonyl (C=O) groups is 1. The summed E-state index contributed by atoms with van der Waals surface area (Å²) >= 11 is 0. The molecule has 0 saturated carbocycles. The second-order valence-electron chi connectivity index (χ2n) is 8.74. The Bertz CT molecular complexity index is 1390. The zero-order valence-corrected chi connectivity index (χ0v) is 20.1. The van der Waals surface area contributed by atoms with Crippen molar-refractivity contribution in [2.45, 2.75) is 38.4 Å². The fourth-order valence-corrected chi connectivity index (χ4v) is 5.68. The van der Waals surface area contributed by atoms with Crippen molar-refractivity contribution in [2.24, 2.45) is 0 Å². The van der Waals surface area contributed by atoms with Gasteiger partial charge < -0.3 is 5.32 Å². The number of hydrogen-bond donors (Lipinski definition) is 2. The van der Waals surface area contributed by atoms with Crippen molar-refractivity contribution in [3.63, 3.8) is 0 Å². The predicted octanol–water partition coefficient (Wildman–Crippen LogP) is 5.56. The largest absolute Gasteiger partial charge is 0.416 e. The molecule has 3 aromatic rings. The summed E-state index contributed by atoms with van der Waals surface area (Å²) in [6.45, 7) is 1.79. The first kappa shape index (κ1) is 25.8. The van der Waals surface area contributed by atoms with Crippen molar-refractivity contribution >= 4 is 21.6 Å². The number of fused-ring (bicyclic) bond motifs is 1. The molecule has 190 valence electrons. The third-order valence-corrected chi connectivity index (χ3v) is 7.60. The number of rotatable bonds is 7. The van der Waals surface area contributed by atoms with Crippen molar-refractivity contribution in [2.75, 3.05) is 11.1 Å². The zero-order valence-electron chi connectivity index (χ0n) is 19.3. The van der Waals surface area contributed by atoms with Crippen LogP contribution in [0.15, 0.2) is 60.7 Å². The van der Waals surface area contributed by atoms with E-state index in [0.717, 1.165) is 35.4 Å². The Balaban J connectivity index is 1.53. The maximum Gasteiger partial charge on any atom is 0.416 e. The first-order valence-corrected chi connectivity index (χ1v) is 13.0. The standard InChI is InChI=1S/C26H24F4N2O3S/c1-2-11-36(34,35)32-22-12-17-5-9-21(13-18(17)14-22)31-25(33)24-15-20(27)8-10-23(24)16-3-6-19(7-4-16)26(28,29)30/h3-10,13,15,22,32H,2,11-12,14H2,1H3,(H,31,33). The van der Waals surface area contributed by atoms with E-state index in [4.69, 9.17) is 0 Å². The van der Waals surface area contributed by atoms with Gasteiger partial charge in [0.2, 0.25) is 10.0 Å². The molecule has 0 bridgehead atoms. The van der Waals surface area contributed by atoms with Crippen LogP contribution in [0, 0.1) is 5.82 Å². The number of anilines is 1. The molecule has 0 fully saturated rings. The average molecular weight is 521 g/mol. The minimum absolute atomic E-state index is 0.0274. The lowest BCUT2D eigenvalue weighted by Gasteiger charge is -2.13. The van der Waals surface area contributed by atoms with Crippen LogP contribution in [0.1, 0.15) is 40.4 Å². The Hall–Kier alpha value is -3.24. The summed E-state index contributed by atoms with van der Waals surface area (Å²) in [5, 5.41) is 2.72. The summed E-state index contributed by atoms with van der Waals surface area (Å²) in [5.41, 5.74) is 2.07. The van der Waals surface area contributed by atoms with Gasteiger partial charge in [0.15, 0.2) is 0 Å². The summed E-state index contributed by atoms with van der Waals surface area (Å²) < 4.78 is 79.6. The predicted molar refractivity (Wildman–Crippen MR) is 130 cm³/mol. The number of alkyl halides is 3. The van der Waals surface area contributed by atoms with Crippen molar-refractivity contribution in [3.8, 4) is 11.1 Å². The molecule has 1 aliphatic carbocycles. The number of hydrogen-bond acceptors (Lipinski definition) is 3. The van der Waals surface area contributed by atoms with Gasteiger partial charge in [-0.15, -0.1) is 0 Å². The van der Waals surface area contributed by atoms with Gasteiger partial charge >= 0.3 is 6.18 Å². The monoisotopic (exact) mass is 520 g/mol. The Morgan fingerprint density at radius 3 is 2.33 bits per heavy atom. The van der Waals surface area contributed by atoms with E-state index in [9.17, 15) is 30.8 Å². The van der Waals surface area contributed by atoms with E-state index in [0.29, 0.717) is 30.5 Å². The van der Waals surface area contributed by atoms with Crippen LogP contribution in [0.25, 0.3) is 11.1 Å². The number of halogens is 4. The van der Waals surface area contributed by atoms with Crippen molar-refractivity contribution in [1.82, 2.24) is 4.72 Å². The summed E-state index contributed by atoms with van der Waals surface area (Å²) in [6, 6.07) is 12.8. The number of sulfonamides is 1. The Morgan fingerprint density at radius 1 is 0.972 bits per heavy atom. The van der Waals surface area contributed by atoms with Crippen LogP contribution in [0.2, 0.25) is 0 Å². The van der Waals surface area contributed by atoms with Crippen LogP contribution in [0.4, 0.5) is 23.2 Å². The van der Waals surface area contributed by atoms with Gasteiger partial charge in [-0.05, 0) is 77.9 Å². The molecule has 0 spiro atoms. The molecule has 0 aromatic heterocycles. The molecular formula is C26H24F4N2O3S. The lowest BCUT2D eigenvalue weighted by molar-refractivity contribution is -0.137. The van der Waals surface area contributed by atoms with Gasteiger partial charge in [0, 0.05) is 11.7 Å². The number of benzene rings is 3. The third-order valence-electron chi connectivity index (χ3n) is 5.97. The van der Waals surface area contributed by atoms with E-state index in [-0.39, 0.29) is 22.9 Å². The molecule has 4 rings (SSSR count). The van der Waals surface area contributed by atoms with Crippen LogP contribution >= 0.6 is 0 Å². The number of amides is 1. The molecule has 10 heteroatoms. The highest BCUT2D eigenvalue weighted by atomic mass is 32.2. The van der Waals surface area contributed by atoms with Gasteiger partial charge in [-0.1, -0.05) is 31.2 Å². The lowest BCUT2D eigenvalue weighted by Crippen LogP contribution is -2.36. The molecule has 3 aromatic carbocycles. The lowest BCUT2D eigenvalue weighted by atomic mass is 9.97. The van der Waals surface area contributed by atoms with E-state index in [1.807, 2.05) is 0 Å². The van der Waals surface area contributed by atoms with Crippen LogP contribution < -0.4 is 10.0 Å². The summed E-state index contributed by atoms with van der Waals surface area (Å²) in [4.78, 5) is 13.1. The molecule has 0 aliphatic heterocycles. The Morgan fingerprint density at radius 2 is 1.67 bits per heavy atom. The van der Waals surface area contributed by atoms with E-state index in [2.05, 4.69) is 10.0 Å². The maximum absolute atomic E-state index is 14.0. The molecule has 1 amide bonds. The van der Waals surface area contributed by atoms with Gasteiger partial charge in [-0.25, -0.2) is 17.5 Å². The van der Waals surface area contributed by atoms with E-state index in [1.54, 1.807) is 25.1 Å². The Kier molecular flexibility index (Phi) is 7.19. The van der Waals surface area contributed by atoms with Crippen LogP contribution in [0.3, 0.4) is 0 Å². The Labute approximate surface area is 206 Å². The fourth-order valence-electron chi connectivity index (χ4n) is 4.35. The topological polar surface area (TPSA) is 75.3 Å². The number of nitrogens with one attached hydrogen (secondary N) is 2. The molecule has 5 nitrogen and oxygen atoms in total. The van der Waals surface area contributed by atoms with Gasteiger partial charge in [-0.3, -0.25) is 4.79 Å². The molecule has 2 N–H and O–H groups in total. The van der Waals surface area contributed by atoms with Gasteiger partial charge in [0.05, 0.1) is 16.9 Å². The van der Waals surface area contributed by atoms with Gasteiger partial charge in [0.1, 0.15) is 5.82 Å². The summed E-state index contributed by atoms with van der Waals surface area (Å²) in [5.74, 6) is -1.23. The molecule has 0 heterocycles. The summed E-state index contributed by atoms with van der Waals surface area (Å²) in [7, 11) is -3.36. The van der Waals surface area contributed by atoms with E-state index < -0.39 is 33.5 Å². The van der Waals surface area contributed by atoms with Crippen LogP contribution in [-0.4, -0.2) is 26.1 Å². The highest BCUT2D eigenvalue weighted by Gasteiger charge is 2.30. The zero-order chi connectivity index (χ0) is 26.1. The molecule has 1 unspecified atom stereocenters. The van der Waals surface area contributed by atoms with Crippen LogP contribution in [-0.2, 0) is 29.0 Å². The molecule has 0 radical (unpaired) electrons. The highest BCUT2D eigenvalue weighted by molar-refractivity contribution is 7.89. The molecule has 1 atom stereocenters. The second kappa shape index (κ2) is 10.0. The third kappa shape index (κ3) is 5.93. The normalized spacial score (nSPS) is 15.5. The van der Waals surface area contributed by atoms with Gasteiger partial charge in [-0.2, -0.15) is 13.2 Å². The SMILES string of the molecule is CCCS(=O)(=O)NC1Cc2ccc(NC(=O)c3cc(F)ccc3-c3ccc(C(F)(F)F)cc3)cc2C1. The second-order valence-corrected chi connectivity index (χ2v) is 10.6. The van der Waals surface area contributed by atoms with Crippen molar-refractivity contribution < 1.29 is 30.8 Å². The fraction of sp³-hybridized carbons (Fsp3) is 0.269. The first-order valence-electron chi connectivity index (χ1n) is 11.4. The molecular weight excluding hydrogens is 496 g/mol. The van der Waals surface area contributed by atoms with Gasteiger partial charge in [0.25, 0.3) is 5.91 Å². The molecule has 36 heavy (non-hydrogen) atoms. The first-order chi connectivity index (χ1) is 16.9. The quantitative estimate of drug-likeness (QED) is 0.401. The molecule has 1 aliphatic rings. The highest BCUT2D eigenvalue weighted by Crippen LogP contribution is 2.33. The minimum Gasteiger partial charge on any atom is -0.322 e. The van der Waals surface area contributed by atoms with E-state index in [1.165, 1.54) is 18.2 Å². The average Bonchev–Trinajstić information content (AvgIpc) is 3.19. The van der Waals surface area contributed by atoms with Crippen molar-refractivity contribution in [3.05, 3.63) is 88.7 Å².